The van der Waals surface area contributed by atoms with Crippen molar-refractivity contribution in [3.05, 3.63) is 149 Å². The lowest BCUT2D eigenvalue weighted by atomic mass is 9.91. The number of hydrogen-bond donors (Lipinski definition) is 10. The molecule has 0 saturated heterocycles. The highest BCUT2D eigenvalue weighted by Crippen LogP contribution is 2.39. The predicted molar refractivity (Wildman–Crippen MR) is 202 cm³/mol. The van der Waals surface area contributed by atoms with E-state index in [2.05, 4.69) is 0 Å². The number of benzene rings is 4. The number of phenols is 8. The van der Waals surface area contributed by atoms with E-state index in [0.29, 0.717) is 0 Å². The predicted octanol–water partition coefficient (Wildman–Crippen LogP) is 5.06. The number of carbonyl (C=O) groups is 2. The van der Waals surface area contributed by atoms with Gasteiger partial charge in [-0.05, 0) is 60.4 Å². The second-order valence-electron chi connectivity index (χ2n) is 13.6. The Bertz CT molecular complexity index is 2570. The van der Waals surface area contributed by atoms with Gasteiger partial charge in [-0.2, -0.15) is 0 Å². The van der Waals surface area contributed by atoms with Crippen molar-refractivity contribution in [1.82, 2.24) is 0 Å². The van der Waals surface area contributed by atoms with Crippen molar-refractivity contribution in [2.75, 3.05) is 0 Å². The fourth-order valence-corrected chi connectivity index (χ4v) is 7.05. The number of phenolic OH excluding ortho intramolecular Hbond substituents is 8. The number of hydrogen-bond acceptors (Lipinski definition) is 16. The van der Waals surface area contributed by atoms with Gasteiger partial charge in [-0.1, -0.05) is 6.92 Å². The Morgan fingerprint density at radius 2 is 0.776 bits per heavy atom. The van der Waals surface area contributed by atoms with Crippen molar-refractivity contribution in [2.45, 2.75) is 39.5 Å². The van der Waals surface area contributed by atoms with Crippen LogP contribution in [-0.2, 0) is 12.8 Å². The summed E-state index contributed by atoms with van der Waals surface area (Å²) in [6.07, 6.45) is -0.941. The molecule has 0 aliphatic carbocycles. The molecule has 2 aromatic heterocycles. The molecule has 0 spiro atoms. The van der Waals surface area contributed by atoms with Gasteiger partial charge in [0.2, 0.25) is 11.6 Å². The maximum atomic E-state index is 13.6. The average Bonchev–Trinajstić information content (AvgIpc) is 3.06. The summed E-state index contributed by atoms with van der Waals surface area (Å²) < 4.78 is 10.8. The summed E-state index contributed by atoms with van der Waals surface area (Å²) in [5.41, 5.74) is -4.53. The van der Waals surface area contributed by atoms with E-state index in [1.807, 2.05) is 0 Å². The van der Waals surface area contributed by atoms with E-state index >= 15 is 0 Å². The first kappa shape index (κ1) is 39.8. The summed E-state index contributed by atoms with van der Waals surface area (Å²) in [5, 5.41) is 104. The van der Waals surface area contributed by atoms with E-state index in [1.54, 1.807) is 0 Å². The van der Waals surface area contributed by atoms with Crippen LogP contribution in [0.1, 0.15) is 89.6 Å². The first-order chi connectivity index (χ1) is 27.2. The number of carbonyl (C=O) groups excluding carboxylic acids is 2. The normalized spacial score (nSPS) is 11.2. The molecular weight excluding hydrogens is 760 g/mol. The summed E-state index contributed by atoms with van der Waals surface area (Å²) in [4.78, 5) is 53.9. The molecule has 16 heteroatoms. The summed E-state index contributed by atoms with van der Waals surface area (Å²) in [6.45, 7) is 4.14. The third-order valence-electron chi connectivity index (χ3n) is 9.51. The van der Waals surface area contributed by atoms with E-state index in [0.717, 1.165) is 48.5 Å². The van der Waals surface area contributed by atoms with Crippen LogP contribution in [0.25, 0.3) is 0 Å². The van der Waals surface area contributed by atoms with Crippen molar-refractivity contribution >= 4 is 11.6 Å². The van der Waals surface area contributed by atoms with Crippen LogP contribution in [0.5, 0.6) is 57.5 Å². The van der Waals surface area contributed by atoms with Crippen molar-refractivity contribution in [1.29, 1.82) is 0 Å². The topological polar surface area (TPSA) is 297 Å². The van der Waals surface area contributed by atoms with Crippen LogP contribution >= 0.6 is 0 Å². The van der Waals surface area contributed by atoms with Gasteiger partial charge in [0.15, 0.2) is 0 Å². The molecule has 58 heavy (non-hydrogen) atoms. The zero-order valence-electron chi connectivity index (χ0n) is 30.7. The summed E-state index contributed by atoms with van der Waals surface area (Å²) >= 11 is 0. The number of aryl methyl sites for hydroxylation is 2. The SMILES string of the molecule is Cc1cc(O)cc(O)c1C(=O)c1c(O)cc(O)cc1Cc1cc(O)c(C(C)c2c(O)cc(Cc3cc(O)cc(O)c3C(=O)c3c(C)cc(O)cc3O)oc2=O)c(=O)o1. The molecule has 0 amide bonds. The Morgan fingerprint density at radius 3 is 1.09 bits per heavy atom. The average molecular weight is 795 g/mol. The van der Waals surface area contributed by atoms with Crippen molar-refractivity contribution in [2.24, 2.45) is 0 Å². The Kier molecular flexibility index (Phi) is 10.3. The zero-order chi connectivity index (χ0) is 42.5. The molecule has 298 valence electrons. The molecule has 0 aliphatic rings. The minimum absolute atomic E-state index is 0.0912. The van der Waals surface area contributed by atoms with E-state index in [4.69, 9.17) is 8.83 Å². The van der Waals surface area contributed by atoms with Gasteiger partial charge in [0, 0.05) is 55.2 Å². The minimum Gasteiger partial charge on any atom is -0.508 e. The van der Waals surface area contributed by atoms with Gasteiger partial charge >= 0.3 is 11.3 Å². The lowest BCUT2D eigenvalue weighted by Gasteiger charge is -2.16. The highest BCUT2D eigenvalue weighted by atomic mass is 16.4. The van der Waals surface area contributed by atoms with Crippen LogP contribution in [0.3, 0.4) is 0 Å². The maximum absolute atomic E-state index is 13.6. The Balaban J connectivity index is 1.32. The molecule has 16 nitrogen and oxygen atoms in total. The number of rotatable bonds is 10. The molecule has 0 atom stereocenters. The summed E-state index contributed by atoms with van der Waals surface area (Å²) in [7, 11) is 0. The van der Waals surface area contributed by atoms with E-state index in [-0.39, 0.29) is 56.4 Å². The van der Waals surface area contributed by atoms with Crippen LogP contribution in [0.15, 0.2) is 79.1 Å². The van der Waals surface area contributed by atoms with E-state index in [1.165, 1.54) is 32.9 Å². The van der Waals surface area contributed by atoms with E-state index in [9.17, 15) is 70.2 Å². The van der Waals surface area contributed by atoms with Crippen LogP contribution in [0.4, 0.5) is 0 Å². The highest BCUT2D eigenvalue weighted by Gasteiger charge is 2.30. The first-order valence-corrected chi connectivity index (χ1v) is 17.2. The third-order valence-corrected chi connectivity index (χ3v) is 9.51. The summed E-state index contributed by atoms with van der Waals surface area (Å²) in [6, 6.07) is 10.2. The zero-order valence-corrected chi connectivity index (χ0v) is 30.7. The Hall–Kier alpha value is -7.88. The van der Waals surface area contributed by atoms with Crippen molar-refractivity contribution in [3.8, 4) is 57.5 Å². The molecule has 0 aliphatic heterocycles. The highest BCUT2D eigenvalue weighted by molar-refractivity contribution is 6.15. The van der Waals surface area contributed by atoms with E-state index < -0.39 is 110 Å². The van der Waals surface area contributed by atoms with Gasteiger partial charge < -0.3 is 59.9 Å². The second-order valence-corrected chi connectivity index (χ2v) is 13.6. The lowest BCUT2D eigenvalue weighted by Crippen LogP contribution is -2.19. The first-order valence-electron chi connectivity index (χ1n) is 17.2. The van der Waals surface area contributed by atoms with Gasteiger partial charge in [0.05, 0.1) is 33.4 Å². The lowest BCUT2D eigenvalue weighted by molar-refractivity contribution is 0.102. The second kappa shape index (κ2) is 15.0. The largest absolute Gasteiger partial charge is 0.508 e. The smallest absolute Gasteiger partial charge is 0.343 e. The quantitative estimate of drug-likeness (QED) is 0.0811. The standard InChI is InChI=1S/C42H34O16/c1-16-4-21(43)10-27(47)33(16)39(53)37-19(6-23(45)12-29(37)49)8-25-14-31(51)35(41(55)57-25)18(3)36-32(52)15-26(58-42(36)56)9-20-7-24(46)13-30(50)38(20)40(54)34-17(2)5-22(44)11-28(34)48/h4-7,10-15,18,43-52H,8-9H2,1-3H3. The molecule has 4 aromatic carbocycles. The van der Waals surface area contributed by atoms with Gasteiger partial charge in [-0.3, -0.25) is 9.59 Å². The van der Waals surface area contributed by atoms with Crippen LogP contribution in [-0.4, -0.2) is 62.6 Å². The Labute approximate surface area is 326 Å². The fraction of sp³-hybridized carbons (Fsp3) is 0.143. The molecule has 6 rings (SSSR count). The van der Waals surface area contributed by atoms with Crippen molar-refractivity contribution < 1.29 is 69.5 Å². The minimum atomic E-state index is -1.37. The monoisotopic (exact) mass is 794 g/mol. The maximum Gasteiger partial charge on any atom is 0.343 e. The van der Waals surface area contributed by atoms with Gasteiger partial charge in [0.1, 0.15) is 69.0 Å². The van der Waals surface area contributed by atoms with Crippen LogP contribution in [0.2, 0.25) is 0 Å². The molecule has 0 bridgehead atoms. The molecule has 6 aromatic rings. The van der Waals surface area contributed by atoms with Crippen molar-refractivity contribution in [3.63, 3.8) is 0 Å². The van der Waals surface area contributed by atoms with Crippen LogP contribution in [0, 0.1) is 13.8 Å². The summed E-state index contributed by atoms with van der Waals surface area (Å²) in [5.74, 6) is -9.31. The number of ketones is 2. The van der Waals surface area contributed by atoms with Gasteiger partial charge in [-0.25, -0.2) is 9.59 Å². The van der Waals surface area contributed by atoms with Gasteiger partial charge in [0.25, 0.3) is 0 Å². The molecule has 0 radical (unpaired) electrons. The molecule has 2 heterocycles. The fourth-order valence-electron chi connectivity index (χ4n) is 7.05. The molecule has 0 unspecified atom stereocenters. The molecular formula is C42H34O16. The molecule has 10 N–H and O–H groups in total. The van der Waals surface area contributed by atoms with Gasteiger partial charge in [-0.15, -0.1) is 0 Å². The molecule has 0 fully saturated rings. The number of aromatic hydroxyl groups is 10. The Morgan fingerprint density at radius 1 is 0.466 bits per heavy atom. The molecule has 0 saturated carbocycles. The third kappa shape index (κ3) is 7.40. The van der Waals surface area contributed by atoms with Crippen LogP contribution < -0.4 is 11.3 Å².